The van der Waals surface area contributed by atoms with Gasteiger partial charge in [-0.15, -0.1) is 0 Å². The van der Waals surface area contributed by atoms with E-state index < -0.39 is 79.2 Å². The summed E-state index contributed by atoms with van der Waals surface area (Å²) in [7, 11) is 0. The molecule has 1 aliphatic heterocycles. The molecule has 0 amide bonds. The maximum atomic E-state index is 11.6. The van der Waals surface area contributed by atoms with E-state index in [0.717, 1.165) is 0 Å². The van der Waals surface area contributed by atoms with Gasteiger partial charge in [0, 0.05) is 5.92 Å². The molecular weight excluding hydrogens is 360 g/mol. The van der Waals surface area contributed by atoms with Gasteiger partial charge in [0.1, 0.15) is 30.5 Å². The maximum Gasteiger partial charge on any atom is 0.377 e. The van der Waals surface area contributed by atoms with Crippen LogP contribution in [-0.2, 0) is 19.1 Å². The molecule has 0 aliphatic carbocycles. The third kappa shape index (κ3) is 4.81. The molecule has 1 saturated heterocycles. The van der Waals surface area contributed by atoms with Gasteiger partial charge in [-0.05, 0) is 0 Å². The predicted molar refractivity (Wildman–Crippen MR) is 79.4 cm³/mol. The summed E-state index contributed by atoms with van der Waals surface area (Å²) in [5, 5.41) is 74.7. The van der Waals surface area contributed by atoms with Gasteiger partial charge in [0.2, 0.25) is 5.76 Å². The van der Waals surface area contributed by atoms with E-state index in [4.69, 9.17) is 14.9 Å². The van der Waals surface area contributed by atoms with Crippen LogP contribution in [0.5, 0.6) is 0 Å². The van der Waals surface area contributed by atoms with Crippen molar-refractivity contribution in [3.8, 4) is 0 Å². The summed E-state index contributed by atoms with van der Waals surface area (Å²) in [5.74, 6) is -6.31. The van der Waals surface area contributed by atoms with E-state index in [-0.39, 0.29) is 0 Å². The number of carbonyl (C=O) groups is 2. The molecule has 0 spiro atoms. The number of hydrogen-bond acceptors (Lipinski definition) is 12. The van der Waals surface area contributed by atoms with Crippen molar-refractivity contribution in [3.63, 3.8) is 0 Å². The van der Waals surface area contributed by atoms with Crippen LogP contribution < -0.4 is 0 Å². The van der Waals surface area contributed by atoms with E-state index >= 15 is 0 Å². The summed E-state index contributed by atoms with van der Waals surface area (Å²) >= 11 is 0. The highest BCUT2D eigenvalue weighted by atomic mass is 16.6. The Bertz CT molecular complexity index is 546. The first-order valence-corrected chi connectivity index (χ1v) is 7.53. The van der Waals surface area contributed by atoms with Crippen LogP contribution >= 0.6 is 0 Å². The first-order chi connectivity index (χ1) is 12.0. The van der Waals surface area contributed by atoms with Crippen molar-refractivity contribution in [1.82, 2.24) is 0 Å². The number of aliphatic hydroxyl groups excluding tert-OH is 8. The highest BCUT2D eigenvalue weighted by Crippen LogP contribution is 2.23. The van der Waals surface area contributed by atoms with E-state index in [9.17, 15) is 40.2 Å². The number of ether oxygens (including phenoxy) is 2. The number of cyclic esters (lactones) is 1. The Hall–Kier alpha value is -1.96. The van der Waals surface area contributed by atoms with Crippen LogP contribution in [0.25, 0.3) is 0 Å². The molecule has 1 aliphatic rings. The van der Waals surface area contributed by atoms with Gasteiger partial charge in [-0.2, -0.15) is 0 Å². The molecule has 1 fully saturated rings. The largest absolute Gasteiger partial charge is 0.506 e. The Morgan fingerprint density at radius 3 is 2.31 bits per heavy atom. The van der Waals surface area contributed by atoms with Crippen molar-refractivity contribution in [1.29, 1.82) is 0 Å². The van der Waals surface area contributed by atoms with Crippen molar-refractivity contribution in [3.05, 3.63) is 11.5 Å². The predicted octanol–water partition coefficient (Wildman–Crippen LogP) is -3.78. The fraction of sp³-hybridized carbons (Fsp3) is 0.714. The van der Waals surface area contributed by atoms with Crippen molar-refractivity contribution in [2.75, 3.05) is 13.2 Å². The van der Waals surface area contributed by atoms with Crippen LogP contribution in [0, 0.1) is 5.92 Å². The second-order valence-electron chi connectivity index (χ2n) is 5.83. The molecule has 0 aromatic heterocycles. The summed E-state index contributed by atoms with van der Waals surface area (Å²) in [6.45, 7) is -0.139. The van der Waals surface area contributed by atoms with Crippen molar-refractivity contribution in [2.24, 2.45) is 5.92 Å². The molecule has 0 bridgehead atoms. The Labute approximate surface area is 147 Å². The van der Waals surface area contributed by atoms with E-state index in [2.05, 4.69) is 4.74 Å². The van der Waals surface area contributed by atoms with Gasteiger partial charge in [-0.25, -0.2) is 9.59 Å². The fourth-order valence-electron chi connectivity index (χ4n) is 2.14. The second-order valence-corrected chi connectivity index (χ2v) is 5.83. The van der Waals surface area contributed by atoms with Crippen LogP contribution in [0.3, 0.4) is 0 Å². The fourth-order valence-corrected chi connectivity index (χ4v) is 2.14. The van der Waals surface area contributed by atoms with Gasteiger partial charge in [0.15, 0.2) is 11.9 Å². The third-order valence-corrected chi connectivity index (χ3v) is 3.81. The van der Waals surface area contributed by atoms with Gasteiger partial charge in [-0.3, -0.25) is 0 Å². The van der Waals surface area contributed by atoms with E-state index in [0.29, 0.717) is 0 Å². The molecule has 0 unspecified atom stereocenters. The summed E-state index contributed by atoms with van der Waals surface area (Å²) in [4.78, 5) is 23.0. The second kappa shape index (κ2) is 9.12. The minimum absolute atomic E-state index is 0.549. The number of hydrogen-bond donors (Lipinski definition) is 8. The molecule has 150 valence electrons. The zero-order valence-electron chi connectivity index (χ0n) is 13.7. The lowest BCUT2D eigenvalue weighted by Crippen LogP contribution is -2.57. The van der Waals surface area contributed by atoms with E-state index in [1.165, 1.54) is 6.92 Å². The molecule has 0 aromatic carbocycles. The van der Waals surface area contributed by atoms with Gasteiger partial charge in [0.25, 0.3) is 0 Å². The molecule has 7 atom stereocenters. The van der Waals surface area contributed by atoms with Gasteiger partial charge >= 0.3 is 11.9 Å². The van der Waals surface area contributed by atoms with Crippen molar-refractivity contribution >= 4 is 11.9 Å². The van der Waals surface area contributed by atoms with Gasteiger partial charge in [0.05, 0.1) is 13.2 Å². The molecule has 0 saturated carbocycles. The van der Waals surface area contributed by atoms with Crippen LogP contribution in [0.15, 0.2) is 11.5 Å². The van der Waals surface area contributed by atoms with Gasteiger partial charge in [-0.1, -0.05) is 6.92 Å². The maximum absolute atomic E-state index is 11.6. The quantitative estimate of drug-likeness (QED) is 0.121. The Balaban J connectivity index is 2.70. The number of esters is 2. The lowest BCUT2D eigenvalue weighted by molar-refractivity contribution is -0.210. The highest BCUT2D eigenvalue weighted by molar-refractivity contribution is 5.86. The number of rotatable bonds is 7. The Morgan fingerprint density at radius 2 is 1.77 bits per heavy atom. The van der Waals surface area contributed by atoms with E-state index in [1.54, 1.807) is 0 Å². The summed E-state index contributed by atoms with van der Waals surface area (Å²) < 4.78 is 9.39. The molecule has 1 rings (SSSR count). The smallest absolute Gasteiger partial charge is 0.377 e. The molecule has 0 aromatic rings. The first-order valence-electron chi connectivity index (χ1n) is 7.53. The molecule has 12 nitrogen and oxygen atoms in total. The zero-order valence-corrected chi connectivity index (χ0v) is 13.7. The molecule has 1 heterocycles. The molecule has 8 N–H and O–H groups in total. The number of carbonyl (C=O) groups excluding carboxylic acids is 2. The van der Waals surface area contributed by atoms with Crippen LogP contribution in [0.1, 0.15) is 6.92 Å². The van der Waals surface area contributed by atoms with Crippen LogP contribution in [0.2, 0.25) is 0 Å². The lowest BCUT2D eigenvalue weighted by atomic mass is 9.91. The Morgan fingerprint density at radius 1 is 1.19 bits per heavy atom. The highest BCUT2D eigenvalue weighted by Gasteiger charge is 2.46. The summed E-state index contributed by atoms with van der Waals surface area (Å²) in [5.41, 5.74) is 0. The molecule has 0 radical (unpaired) electrons. The zero-order chi connectivity index (χ0) is 20.2. The third-order valence-electron chi connectivity index (χ3n) is 3.81. The molecule has 26 heavy (non-hydrogen) atoms. The summed E-state index contributed by atoms with van der Waals surface area (Å²) in [6.07, 6.45) is -10.7. The Kier molecular flexibility index (Phi) is 7.74. The first kappa shape index (κ1) is 22.1. The molecule has 12 heteroatoms. The van der Waals surface area contributed by atoms with Crippen LogP contribution in [0.4, 0.5) is 0 Å². The topological polar surface area (TPSA) is 214 Å². The SMILES string of the molecule is C[C@H](COC(=O)/C(O)=C(/O)[C@H](O)[C@@H](O)CO)[C@@H]1OC(=O)[C@@H](O)[C@H](O)[C@H]1O. The average molecular weight is 382 g/mol. The standard InChI is InChI=1S/C14H22O12/c1-4(12-9(20)8(19)11(22)14(24)26-12)3-25-13(23)10(21)7(18)6(17)5(16)2-15/h4-6,8-9,11-12,15-22H,2-3H2,1H3/b10-7-/t4-,5+,6-,8-,9-,11+,12+/m1/s1. The monoisotopic (exact) mass is 382 g/mol. The minimum Gasteiger partial charge on any atom is -0.506 e. The number of aliphatic hydroxyl groups is 8. The van der Waals surface area contributed by atoms with Crippen LogP contribution in [-0.4, -0.2) is 103 Å². The van der Waals surface area contributed by atoms with Gasteiger partial charge < -0.3 is 50.3 Å². The summed E-state index contributed by atoms with van der Waals surface area (Å²) in [6, 6.07) is 0. The van der Waals surface area contributed by atoms with E-state index in [1.807, 2.05) is 0 Å². The lowest BCUT2D eigenvalue weighted by Gasteiger charge is -2.36. The average Bonchev–Trinajstić information content (AvgIpc) is 2.64. The van der Waals surface area contributed by atoms with Crippen molar-refractivity contribution < 1.29 is 59.9 Å². The van der Waals surface area contributed by atoms with Crippen molar-refractivity contribution in [2.45, 2.75) is 43.5 Å². The molecular formula is C14H22O12. The minimum atomic E-state index is -2.14. The normalized spacial score (nSPS) is 30.7.